The van der Waals surface area contributed by atoms with Crippen LogP contribution in [0.5, 0.6) is 0 Å². The summed E-state index contributed by atoms with van der Waals surface area (Å²) in [5.74, 6) is -1.14. The minimum Gasteiger partial charge on any atom is -0.341 e. The third kappa shape index (κ3) is 2.02. The van der Waals surface area contributed by atoms with Crippen molar-refractivity contribution < 1.29 is 22.6 Å². The number of likely N-dealkylation sites (tertiary alicyclic amines) is 1. The summed E-state index contributed by atoms with van der Waals surface area (Å²) in [6.07, 6.45) is 1.21. The van der Waals surface area contributed by atoms with Gasteiger partial charge in [0.15, 0.2) is 0 Å². The Balaban J connectivity index is 2.10. The predicted octanol–water partition coefficient (Wildman–Crippen LogP) is -0.741. The van der Waals surface area contributed by atoms with Crippen LogP contribution in [0.2, 0.25) is 0 Å². The van der Waals surface area contributed by atoms with E-state index < -0.39 is 28.2 Å². The Hall–Kier alpha value is -1.15. The molecule has 0 saturated carbocycles. The molecule has 0 aromatic heterocycles. The number of carbonyl (C=O) groups excluding carboxylic acids is 2. The van der Waals surface area contributed by atoms with Gasteiger partial charge in [-0.25, -0.2) is 4.31 Å². The van der Waals surface area contributed by atoms with E-state index in [0.717, 1.165) is 6.42 Å². The van der Waals surface area contributed by atoms with Crippen LogP contribution in [-0.4, -0.2) is 53.1 Å². The lowest BCUT2D eigenvalue weighted by molar-refractivity contribution is -0.148. The van der Waals surface area contributed by atoms with E-state index in [4.69, 9.17) is 4.55 Å². The quantitative estimate of drug-likeness (QED) is 0.534. The fourth-order valence-corrected chi connectivity index (χ4v) is 3.27. The van der Waals surface area contributed by atoms with Crippen LogP contribution in [0.4, 0.5) is 0 Å². The Labute approximate surface area is 99.3 Å². The summed E-state index contributed by atoms with van der Waals surface area (Å²) in [5, 5.41) is 0. The van der Waals surface area contributed by atoms with Crippen molar-refractivity contribution in [3.05, 3.63) is 0 Å². The zero-order chi connectivity index (χ0) is 12.8. The van der Waals surface area contributed by atoms with Gasteiger partial charge in [0.05, 0.1) is 12.0 Å². The summed E-state index contributed by atoms with van der Waals surface area (Å²) in [6.45, 7) is 2.34. The van der Waals surface area contributed by atoms with Crippen LogP contribution in [0.3, 0.4) is 0 Å². The van der Waals surface area contributed by atoms with Gasteiger partial charge in [-0.05, 0) is 6.42 Å². The molecule has 8 heteroatoms. The molecule has 2 heterocycles. The lowest BCUT2D eigenvalue weighted by Crippen LogP contribution is -2.65. The number of carbonyl (C=O) groups is 2. The van der Waals surface area contributed by atoms with Gasteiger partial charge in [0.1, 0.15) is 0 Å². The molecule has 0 aliphatic carbocycles. The van der Waals surface area contributed by atoms with Crippen molar-refractivity contribution in [2.24, 2.45) is 5.92 Å². The highest BCUT2D eigenvalue weighted by Gasteiger charge is 2.51. The fourth-order valence-electron chi connectivity index (χ4n) is 2.29. The Kier molecular flexibility index (Phi) is 2.86. The maximum atomic E-state index is 11.4. The first kappa shape index (κ1) is 12.3. The van der Waals surface area contributed by atoms with Crippen molar-refractivity contribution in [2.45, 2.75) is 25.8 Å². The smallest absolute Gasteiger partial charge is 0.341 e. The second-order valence-corrected chi connectivity index (χ2v) is 5.70. The number of amides is 2. The summed E-state index contributed by atoms with van der Waals surface area (Å²) in [4.78, 5) is 24.3. The van der Waals surface area contributed by atoms with Crippen molar-refractivity contribution in [1.82, 2.24) is 9.21 Å². The number of rotatable bonds is 3. The van der Waals surface area contributed by atoms with Crippen LogP contribution >= 0.6 is 0 Å². The molecular formula is C9H14N2O5S. The van der Waals surface area contributed by atoms with Crippen molar-refractivity contribution >= 4 is 22.1 Å². The molecule has 17 heavy (non-hydrogen) atoms. The summed E-state index contributed by atoms with van der Waals surface area (Å²) in [7, 11) is -4.51. The molecule has 0 radical (unpaired) electrons. The molecule has 0 spiro atoms. The standard InChI is InChI=1S/C9H14N2O5S/c1-6-7(5-10-4-2-3-8(10)12)11(9(6)13)17(14,15)16/h6-7H,2-5H2,1H3,(H,14,15,16)/t6-,7+/m0/s1. The number of β-lactam (4-membered cyclic amide) rings is 1. The van der Waals surface area contributed by atoms with E-state index in [0.29, 0.717) is 17.3 Å². The molecule has 0 bridgehead atoms. The number of hydrogen-bond donors (Lipinski definition) is 1. The van der Waals surface area contributed by atoms with Gasteiger partial charge >= 0.3 is 10.3 Å². The van der Waals surface area contributed by atoms with Crippen LogP contribution in [-0.2, 0) is 19.9 Å². The summed E-state index contributed by atoms with van der Waals surface area (Å²) in [6, 6.07) is -0.639. The molecule has 2 aliphatic heterocycles. The molecule has 2 fully saturated rings. The molecule has 2 rings (SSSR count). The fraction of sp³-hybridized carbons (Fsp3) is 0.778. The molecule has 96 valence electrons. The Morgan fingerprint density at radius 3 is 2.53 bits per heavy atom. The highest BCUT2D eigenvalue weighted by Crippen LogP contribution is 2.30. The van der Waals surface area contributed by atoms with Gasteiger partial charge in [-0.3, -0.25) is 14.1 Å². The first-order valence-electron chi connectivity index (χ1n) is 5.41. The first-order valence-corrected chi connectivity index (χ1v) is 6.80. The van der Waals surface area contributed by atoms with Gasteiger partial charge in [-0.1, -0.05) is 6.92 Å². The zero-order valence-electron chi connectivity index (χ0n) is 9.37. The monoisotopic (exact) mass is 262 g/mol. The second kappa shape index (κ2) is 3.95. The number of nitrogens with zero attached hydrogens (tertiary/aromatic N) is 2. The predicted molar refractivity (Wildman–Crippen MR) is 57.2 cm³/mol. The lowest BCUT2D eigenvalue weighted by Gasteiger charge is -2.44. The molecule has 2 amide bonds. The van der Waals surface area contributed by atoms with E-state index >= 15 is 0 Å². The molecule has 1 N–H and O–H groups in total. The van der Waals surface area contributed by atoms with Crippen LogP contribution in [0.15, 0.2) is 0 Å². The van der Waals surface area contributed by atoms with E-state index in [1.54, 1.807) is 6.92 Å². The molecule has 2 atom stereocenters. The average Bonchev–Trinajstić information content (AvgIpc) is 2.61. The van der Waals surface area contributed by atoms with Crippen molar-refractivity contribution in [2.75, 3.05) is 13.1 Å². The minimum atomic E-state index is -4.51. The highest BCUT2D eigenvalue weighted by atomic mass is 32.2. The van der Waals surface area contributed by atoms with E-state index in [9.17, 15) is 18.0 Å². The van der Waals surface area contributed by atoms with Gasteiger partial charge in [-0.15, -0.1) is 0 Å². The van der Waals surface area contributed by atoms with Crippen molar-refractivity contribution in [1.29, 1.82) is 0 Å². The largest absolute Gasteiger partial charge is 0.362 e. The highest BCUT2D eigenvalue weighted by molar-refractivity contribution is 7.84. The van der Waals surface area contributed by atoms with E-state index in [1.165, 1.54) is 4.90 Å². The minimum absolute atomic E-state index is 0.0353. The van der Waals surface area contributed by atoms with E-state index in [2.05, 4.69) is 0 Å². The Morgan fingerprint density at radius 1 is 1.41 bits per heavy atom. The average molecular weight is 262 g/mol. The second-order valence-electron chi connectivity index (χ2n) is 4.41. The van der Waals surface area contributed by atoms with Gasteiger partial charge < -0.3 is 4.90 Å². The van der Waals surface area contributed by atoms with E-state index in [-0.39, 0.29) is 12.5 Å². The van der Waals surface area contributed by atoms with Crippen LogP contribution in [0.1, 0.15) is 19.8 Å². The van der Waals surface area contributed by atoms with Gasteiger partial charge in [0.2, 0.25) is 11.8 Å². The Morgan fingerprint density at radius 2 is 2.06 bits per heavy atom. The van der Waals surface area contributed by atoms with Gasteiger partial charge in [-0.2, -0.15) is 8.42 Å². The van der Waals surface area contributed by atoms with E-state index in [1.807, 2.05) is 0 Å². The molecule has 2 saturated heterocycles. The SMILES string of the molecule is C[C@@H]1C(=O)N(S(=O)(=O)O)[C@@H]1CN1CCCC1=O. The van der Waals surface area contributed by atoms with Gasteiger partial charge in [0, 0.05) is 19.5 Å². The maximum Gasteiger partial charge on any atom is 0.362 e. The summed E-state index contributed by atoms with van der Waals surface area (Å²) < 4.78 is 31.4. The van der Waals surface area contributed by atoms with Crippen molar-refractivity contribution in [3.8, 4) is 0 Å². The molecule has 0 aromatic rings. The third-order valence-corrected chi connectivity index (χ3v) is 4.26. The number of hydrogen-bond acceptors (Lipinski definition) is 4. The van der Waals surface area contributed by atoms with Gasteiger partial charge in [0.25, 0.3) is 0 Å². The molecule has 0 unspecified atom stereocenters. The summed E-state index contributed by atoms with van der Waals surface area (Å²) in [5.41, 5.74) is 0. The van der Waals surface area contributed by atoms with Crippen LogP contribution in [0.25, 0.3) is 0 Å². The normalized spacial score (nSPS) is 29.8. The molecule has 7 nitrogen and oxygen atoms in total. The maximum absolute atomic E-state index is 11.4. The molecule has 0 aromatic carbocycles. The third-order valence-electron chi connectivity index (χ3n) is 3.31. The van der Waals surface area contributed by atoms with Crippen LogP contribution < -0.4 is 0 Å². The lowest BCUT2D eigenvalue weighted by atomic mass is 9.92. The first-order chi connectivity index (χ1) is 7.82. The van der Waals surface area contributed by atoms with Crippen molar-refractivity contribution in [3.63, 3.8) is 0 Å². The zero-order valence-corrected chi connectivity index (χ0v) is 10.2. The summed E-state index contributed by atoms with van der Waals surface area (Å²) >= 11 is 0. The topological polar surface area (TPSA) is 95.0 Å². The van der Waals surface area contributed by atoms with Crippen LogP contribution in [0, 0.1) is 5.92 Å². The Bertz CT molecular complexity index is 460. The molecule has 2 aliphatic rings. The molecular weight excluding hydrogens is 248 g/mol.